The van der Waals surface area contributed by atoms with E-state index in [0.29, 0.717) is 0 Å². The van der Waals surface area contributed by atoms with E-state index in [-0.39, 0.29) is 34.6 Å². The Morgan fingerprint density at radius 1 is 1.48 bits per heavy atom. The van der Waals surface area contributed by atoms with Crippen LogP contribution in [0.2, 0.25) is 0 Å². The number of aromatic carboxylic acids is 1. The first-order valence-electron chi connectivity index (χ1n) is 5.61. The van der Waals surface area contributed by atoms with Crippen LogP contribution in [0.3, 0.4) is 0 Å². The number of halogens is 3. The fourth-order valence-corrected chi connectivity index (χ4v) is 2.00. The Morgan fingerprint density at radius 2 is 2.05 bits per heavy atom. The molecule has 6 nitrogen and oxygen atoms in total. The second-order valence-corrected chi connectivity index (χ2v) is 4.73. The maximum atomic E-state index is 13.8. The Morgan fingerprint density at radius 3 is 2.52 bits per heavy atom. The summed E-state index contributed by atoms with van der Waals surface area (Å²) in [5.41, 5.74) is 5.16. The van der Waals surface area contributed by atoms with Crippen molar-refractivity contribution in [2.45, 2.75) is 19.1 Å². The van der Waals surface area contributed by atoms with Gasteiger partial charge in [-0.15, -0.1) is 12.4 Å². The summed E-state index contributed by atoms with van der Waals surface area (Å²) in [6.45, 7) is 1.49. The van der Waals surface area contributed by atoms with Crippen LogP contribution in [0.15, 0.2) is 16.6 Å². The maximum Gasteiger partial charge on any atom is 0.342 e. The molecule has 0 bridgehead atoms. The Kier molecular flexibility index (Phi) is 7.62. The quantitative estimate of drug-likeness (QED) is 0.669. The Labute approximate surface area is 134 Å². The Bertz CT molecular complexity index is 543. The molecule has 1 rings (SSSR count). The normalized spacial score (nSPS) is 13.0. The van der Waals surface area contributed by atoms with Gasteiger partial charge in [0, 0.05) is 5.56 Å². The average Bonchev–Trinajstić information content (AvgIpc) is 2.40. The molecule has 9 heteroatoms. The molecular weight excluding hydrogens is 372 g/mol. The van der Waals surface area contributed by atoms with Crippen molar-refractivity contribution >= 4 is 40.3 Å². The monoisotopic (exact) mass is 385 g/mol. The number of esters is 1. The molecule has 1 aromatic rings. The number of aromatic hydroxyl groups is 1. The van der Waals surface area contributed by atoms with Crippen molar-refractivity contribution in [3.8, 4) is 5.75 Å². The van der Waals surface area contributed by atoms with Crippen LogP contribution in [0.1, 0.15) is 28.9 Å². The van der Waals surface area contributed by atoms with Gasteiger partial charge in [-0.05, 0) is 35.0 Å². The van der Waals surface area contributed by atoms with Gasteiger partial charge in [-0.3, -0.25) is 0 Å². The molecule has 0 fully saturated rings. The van der Waals surface area contributed by atoms with Crippen molar-refractivity contribution in [1.29, 1.82) is 0 Å². The van der Waals surface area contributed by atoms with Gasteiger partial charge in [0.05, 0.1) is 22.7 Å². The van der Waals surface area contributed by atoms with Gasteiger partial charge in [0.25, 0.3) is 0 Å². The summed E-state index contributed by atoms with van der Waals surface area (Å²) in [4.78, 5) is 22.2. The number of carboxylic acid groups (broad SMARTS) is 1. The van der Waals surface area contributed by atoms with Crippen molar-refractivity contribution in [2.24, 2.45) is 5.73 Å². The van der Waals surface area contributed by atoms with Gasteiger partial charge in [-0.25, -0.2) is 14.0 Å². The van der Waals surface area contributed by atoms with Gasteiger partial charge in [0.2, 0.25) is 6.17 Å². The molecule has 0 heterocycles. The number of phenolic OH excluding ortho intramolecular Hbond substituents is 1. The lowest BCUT2D eigenvalue weighted by Crippen LogP contribution is -2.31. The summed E-state index contributed by atoms with van der Waals surface area (Å²) in [6, 6.07) is 0.620. The number of phenols is 1. The van der Waals surface area contributed by atoms with Crippen molar-refractivity contribution in [2.75, 3.05) is 6.61 Å². The van der Waals surface area contributed by atoms with Crippen LogP contribution in [0.4, 0.5) is 4.39 Å². The number of hydrogen-bond donors (Lipinski definition) is 3. The van der Waals surface area contributed by atoms with Crippen molar-refractivity contribution in [3.05, 3.63) is 27.7 Å². The number of carboxylic acids is 1. The first-order valence-corrected chi connectivity index (χ1v) is 6.40. The largest absolute Gasteiger partial charge is 0.506 e. The third-order valence-corrected chi connectivity index (χ3v) is 3.13. The average molecular weight is 387 g/mol. The summed E-state index contributed by atoms with van der Waals surface area (Å²) in [6.07, 6.45) is -2.21. The molecule has 0 saturated carbocycles. The molecule has 0 saturated heterocycles. The second kappa shape index (κ2) is 8.16. The van der Waals surface area contributed by atoms with E-state index in [1.54, 1.807) is 0 Å². The molecule has 4 N–H and O–H groups in total. The fraction of sp³-hybridized carbons (Fsp3) is 0.333. The Hall–Kier alpha value is -1.38. The molecule has 1 unspecified atom stereocenters. The van der Waals surface area contributed by atoms with Crippen LogP contribution in [0.25, 0.3) is 0 Å². The van der Waals surface area contributed by atoms with Gasteiger partial charge in [-0.1, -0.05) is 0 Å². The summed E-state index contributed by atoms with van der Waals surface area (Å²) in [5, 5.41) is 18.7. The molecule has 1 aromatic carbocycles. The smallest absolute Gasteiger partial charge is 0.342 e. The van der Waals surface area contributed by atoms with Gasteiger partial charge in [0.15, 0.2) is 0 Å². The molecule has 0 aliphatic carbocycles. The molecule has 0 aliphatic heterocycles. The number of carbonyl (C=O) groups is 2. The predicted octanol–water partition coefficient (Wildman–Crippen LogP) is 2.18. The van der Waals surface area contributed by atoms with Crippen LogP contribution < -0.4 is 5.73 Å². The topological polar surface area (TPSA) is 110 Å². The number of ether oxygens (including phenoxy) is 1. The third kappa shape index (κ3) is 4.55. The van der Waals surface area contributed by atoms with Crippen LogP contribution in [-0.4, -0.2) is 34.9 Å². The second-order valence-electron chi connectivity index (χ2n) is 3.88. The molecule has 0 radical (unpaired) electrons. The highest BCUT2D eigenvalue weighted by atomic mass is 79.9. The van der Waals surface area contributed by atoms with E-state index in [1.807, 2.05) is 0 Å². The standard InChI is InChI=1S/C12H13BrFNO5.ClH/c1-2-20-12(19)8(14)9(15)6-3-5(11(17)18)4-7(13)10(6)16;/h3-4,8-9,16H,2,15H2,1H3,(H,17,18);1H/t8?,9-;/m0./s1. The predicted molar refractivity (Wildman–Crippen MR) is 78.5 cm³/mol. The van der Waals surface area contributed by atoms with E-state index in [4.69, 9.17) is 10.8 Å². The highest BCUT2D eigenvalue weighted by molar-refractivity contribution is 9.10. The highest BCUT2D eigenvalue weighted by Gasteiger charge is 2.30. The summed E-state index contributed by atoms with van der Waals surface area (Å²) >= 11 is 2.94. The summed E-state index contributed by atoms with van der Waals surface area (Å²) in [7, 11) is 0. The first kappa shape index (κ1) is 19.6. The number of benzene rings is 1. The van der Waals surface area contributed by atoms with E-state index in [9.17, 15) is 19.1 Å². The van der Waals surface area contributed by atoms with Gasteiger partial charge in [0.1, 0.15) is 5.75 Å². The van der Waals surface area contributed by atoms with E-state index >= 15 is 0 Å². The third-order valence-electron chi connectivity index (χ3n) is 2.53. The maximum absolute atomic E-state index is 13.8. The number of nitrogens with two attached hydrogens (primary N) is 1. The lowest BCUT2D eigenvalue weighted by Gasteiger charge is -2.18. The lowest BCUT2D eigenvalue weighted by molar-refractivity contribution is -0.149. The molecular formula is C12H14BrClFNO5. The van der Waals surface area contributed by atoms with Crippen LogP contribution in [0, 0.1) is 0 Å². The SMILES string of the molecule is CCOC(=O)C(F)[C@@H](N)c1cc(C(=O)O)cc(Br)c1O.Cl. The molecule has 0 amide bonds. The zero-order valence-corrected chi connectivity index (χ0v) is 13.3. The molecule has 0 aromatic heterocycles. The number of alkyl halides is 1. The summed E-state index contributed by atoms with van der Waals surface area (Å²) in [5.74, 6) is -2.86. The lowest BCUT2D eigenvalue weighted by atomic mass is 9.99. The number of hydrogen-bond acceptors (Lipinski definition) is 5. The number of rotatable bonds is 5. The minimum atomic E-state index is -2.21. The van der Waals surface area contributed by atoms with E-state index in [1.165, 1.54) is 6.92 Å². The van der Waals surface area contributed by atoms with Crippen molar-refractivity contribution < 1.29 is 28.9 Å². The van der Waals surface area contributed by atoms with Gasteiger partial charge < -0.3 is 20.7 Å². The highest BCUT2D eigenvalue weighted by Crippen LogP contribution is 2.34. The molecule has 21 heavy (non-hydrogen) atoms. The van der Waals surface area contributed by atoms with Crippen molar-refractivity contribution in [3.63, 3.8) is 0 Å². The summed E-state index contributed by atoms with van der Waals surface area (Å²) < 4.78 is 18.4. The van der Waals surface area contributed by atoms with E-state index in [0.717, 1.165) is 12.1 Å². The first-order chi connectivity index (χ1) is 9.29. The minimum Gasteiger partial charge on any atom is -0.506 e. The number of carbonyl (C=O) groups excluding carboxylic acids is 1. The molecule has 118 valence electrons. The minimum absolute atomic E-state index is 0. The molecule has 0 spiro atoms. The zero-order valence-electron chi connectivity index (χ0n) is 10.9. The van der Waals surface area contributed by atoms with Gasteiger partial charge >= 0.3 is 11.9 Å². The van der Waals surface area contributed by atoms with Crippen molar-refractivity contribution in [1.82, 2.24) is 0 Å². The van der Waals surface area contributed by atoms with Gasteiger partial charge in [-0.2, -0.15) is 0 Å². The Balaban J connectivity index is 0.00000400. The molecule has 2 atom stereocenters. The van der Waals surface area contributed by atoms with Crippen LogP contribution in [0.5, 0.6) is 5.75 Å². The fourth-order valence-electron chi connectivity index (χ4n) is 1.52. The van der Waals surface area contributed by atoms with E-state index in [2.05, 4.69) is 20.7 Å². The zero-order chi connectivity index (χ0) is 15.4. The van der Waals surface area contributed by atoms with Crippen LogP contribution >= 0.6 is 28.3 Å². The van der Waals surface area contributed by atoms with E-state index < -0.39 is 29.9 Å². The molecule has 0 aliphatic rings. The van der Waals surface area contributed by atoms with Crippen LogP contribution in [-0.2, 0) is 9.53 Å².